The number of anilines is 1. The summed E-state index contributed by atoms with van der Waals surface area (Å²) in [5.41, 5.74) is 3.58. The molecule has 8 nitrogen and oxygen atoms in total. The molecule has 1 aliphatic rings. The van der Waals surface area contributed by atoms with E-state index in [9.17, 15) is 19.5 Å². The summed E-state index contributed by atoms with van der Waals surface area (Å²) in [4.78, 5) is 39.6. The number of phenolic OH excluding ortho intramolecular Hbond substituents is 1. The number of hydrazone groups is 1. The van der Waals surface area contributed by atoms with E-state index < -0.39 is 17.8 Å². The molecule has 0 fully saturated rings. The maximum atomic E-state index is 13.2. The smallest absolute Gasteiger partial charge is 0.329 e. The molecule has 2 aromatic carbocycles. The SMILES string of the molecule is CCCCCCCCCCCCNC(=O)N1C(=O)C(=NNC(=O)c2ccc(O)cc2)c2cc(I)ccc21. The van der Waals surface area contributed by atoms with Gasteiger partial charge in [0.25, 0.3) is 11.8 Å². The van der Waals surface area contributed by atoms with Crippen LogP contribution >= 0.6 is 22.6 Å². The summed E-state index contributed by atoms with van der Waals surface area (Å²) >= 11 is 2.12. The standard InChI is InChI=1S/C28H35IN4O4/c1-2-3-4-5-6-7-8-9-10-11-18-30-28(37)33-24-17-14-21(29)19-23(24)25(27(33)36)31-32-26(35)20-12-15-22(34)16-13-20/h12-17,19,34H,2-11,18H2,1H3,(H,30,37)(H,32,35). The van der Waals surface area contributed by atoms with E-state index >= 15 is 0 Å². The second kappa shape index (κ2) is 14.7. The number of hydrogen-bond acceptors (Lipinski definition) is 5. The Morgan fingerprint density at radius 2 is 1.54 bits per heavy atom. The molecule has 0 bridgehead atoms. The zero-order chi connectivity index (χ0) is 26.6. The van der Waals surface area contributed by atoms with Crippen LogP contribution in [0.1, 0.15) is 87.1 Å². The Bertz CT molecular complexity index is 1120. The molecule has 3 N–H and O–H groups in total. The zero-order valence-electron chi connectivity index (χ0n) is 21.3. The highest BCUT2D eigenvalue weighted by Crippen LogP contribution is 2.31. The van der Waals surface area contributed by atoms with Crippen molar-refractivity contribution in [2.75, 3.05) is 11.4 Å². The number of hydrogen-bond donors (Lipinski definition) is 3. The predicted molar refractivity (Wildman–Crippen MR) is 154 cm³/mol. The van der Waals surface area contributed by atoms with E-state index in [1.165, 1.54) is 69.2 Å². The summed E-state index contributed by atoms with van der Waals surface area (Å²) in [5.74, 6) is -1.09. The average molecular weight is 619 g/mol. The highest BCUT2D eigenvalue weighted by atomic mass is 127. The summed E-state index contributed by atoms with van der Waals surface area (Å²) in [6.07, 6.45) is 12.1. The van der Waals surface area contributed by atoms with Gasteiger partial charge in [0.05, 0.1) is 5.69 Å². The molecular formula is C28H35IN4O4. The van der Waals surface area contributed by atoms with Crippen LogP contribution in [-0.4, -0.2) is 35.2 Å². The first-order valence-electron chi connectivity index (χ1n) is 13.0. The lowest BCUT2D eigenvalue weighted by Crippen LogP contribution is -2.44. The van der Waals surface area contributed by atoms with Crippen molar-refractivity contribution in [3.63, 3.8) is 0 Å². The lowest BCUT2D eigenvalue weighted by atomic mass is 10.1. The summed E-state index contributed by atoms with van der Waals surface area (Å²) < 4.78 is 0.870. The van der Waals surface area contributed by atoms with Crippen molar-refractivity contribution < 1.29 is 19.5 Å². The topological polar surface area (TPSA) is 111 Å². The van der Waals surface area contributed by atoms with Gasteiger partial charge in [-0.15, -0.1) is 0 Å². The molecule has 4 amide bonds. The number of imide groups is 1. The first kappa shape index (κ1) is 28.6. The van der Waals surface area contributed by atoms with Crippen LogP contribution in [-0.2, 0) is 4.79 Å². The molecule has 0 unspecified atom stereocenters. The second-order valence-electron chi connectivity index (χ2n) is 9.16. The van der Waals surface area contributed by atoms with E-state index in [1.807, 2.05) is 6.07 Å². The number of nitrogens with one attached hydrogen (secondary N) is 2. The summed E-state index contributed by atoms with van der Waals surface area (Å²) in [6, 6.07) is 10.5. The molecule has 37 heavy (non-hydrogen) atoms. The first-order valence-corrected chi connectivity index (χ1v) is 14.1. The first-order chi connectivity index (χ1) is 17.9. The maximum absolute atomic E-state index is 13.2. The maximum Gasteiger partial charge on any atom is 0.329 e. The lowest BCUT2D eigenvalue weighted by molar-refractivity contribution is -0.111. The molecule has 198 valence electrons. The van der Waals surface area contributed by atoms with Crippen molar-refractivity contribution in [2.24, 2.45) is 5.10 Å². The molecule has 0 saturated heterocycles. The molecular weight excluding hydrogens is 583 g/mol. The van der Waals surface area contributed by atoms with E-state index in [1.54, 1.807) is 12.1 Å². The van der Waals surface area contributed by atoms with Gasteiger partial charge in [-0.1, -0.05) is 64.7 Å². The number of benzene rings is 2. The highest BCUT2D eigenvalue weighted by Gasteiger charge is 2.38. The van der Waals surface area contributed by atoms with E-state index in [0.29, 0.717) is 17.8 Å². The van der Waals surface area contributed by atoms with E-state index in [2.05, 4.69) is 45.4 Å². The molecule has 9 heteroatoms. The number of phenols is 1. The number of carbonyl (C=O) groups is 3. The third-order valence-corrected chi connectivity index (χ3v) is 6.94. The van der Waals surface area contributed by atoms with Gasteiger partial charge in [-0.2, -0.15) is 5.10 Å². The summed E-state index contributed by atoms with van der Waals surface area (Å²) in [7, 11) is 0. The van der Waals surface area contributed by atoms with Crippen molar-refractivity contribution in [3.8, 4) is 5.75 Å². The van der Waals surface area contributed by atoms with Gasteiger partial charge >= 0.3 is 6.03 Å². The van der Waals surface area contributed by atoms with Gasteiger partial charge in [-0.05, 0) is 71.5 Å². The number of urea groups is 1. The number of carbonyl (C=O) groups excluding carboxylic acids is 3. The quantitative estimate of drug-likeness (QED) is 0.143. The molecule has 3 rings (SSSR count). The predicted octanol–water partition coefficient (Wildman–Crippen LogP) is 6.11. The van der Waals surface area contributed by atoms with Gasteiger partial charge in [0, 0.05) is 21.2 Å². The van der Waals surface area contributed by atoms with Crippen LogP contribution < -0.4 is 15.6 Å². The minimum Gasteiger partial charge on any atom is -0.508 e. The highest BCUT2D eigenvalue weighted by molar-refractivity contribution is 14.1. The van der Waals surface area contributed by atoms with Gasteiger partial charge < -0.3 is 10.4 Å². The minimum absolute atomic E-state index is 0.00488. The Balaban J connectivity index is 1.53. The van der Waals surface area contributed by atoms with Crippen LogP contribution in [0.5, 0.6) is 5.75 Å². The fraction of sp³-hybridized carbons (Fsp3) is 0.429. The molecule has 1 aliphatic heterocycles. The van der Waals surface area contributed by atoms with E-state index in [-0.39, 0.29) is 17.0 Å². The van der Waals surface area contributed by atoms with E-state index in [4.69, 9.17) is 0 Å². The molecule has 2 aromatic rings. The van der Waals surface area contributed by atoms with Crippen LogP contribution in [0.15, 0.2) is 47.6 Å². The van der Waals surface area contributed by atoms with Gasteiger partial charge in [0.15, 0.2) is 5.71 Å². The van der Waals surface area contributed by atoms with Crippen LogP contribution in [0.25, 0.3) is 0 Å². The van der Waals surface area contributed by atoms with Crippen molar-refractivity contribution in [2.45, 2.75) is 71.1 Å². The number of fused-ring (bicyclic) bond motifs is 1. The van der Waals surface area contributed by atoms with Gasteiger partial charge in [0.2, 0.25) is 0 Å². The average Bonchev–Trinajstić information content (AvgIpc) is 3.16. The van der Waals surface area contributed by atoms with Crippen LogP contribution in [0.2, 0.25) is 0 Å². The minimum atomic E-state index is -0.594. The Kier molecular flexibility index (Phi) is 11.4. The van der Waals surface area contributed by atoms with Crippen molar-refractivity contribution >= 4 is 51.8 Å². The van der Waals surface area contributed by atoms with Crippen molar-refractivity contribution in [3.05, 3.63) is 57.2 Å². The zero-order valence-corrected chi connectivity index (χ0v) is 23.4. The molecule has 0 radical (unpaired) electrons. The summed E-state index contributed by atoms with van der Waals surface area (Å²) in [5, 5.41) is 16.3. The number of nitrogens with zero attached hydrogens (tertiary/aromatic N) is 2. The van der Waals surface area contributed by atoms with Crippen LogP contribution in [0.3, 0.4) is 0 Å². The number of halogens is 1. The Hall–Kier alpha value is -2.95. The molecule has 0 atom stereocenters. The molecule has 1 heterocycles. The molecule has 0 aromatic heterocycles. The number of aromatic hydroxyl groups is 1. The third kappa shape index (κ3) is 8.28. The largest absolute Gasteiger partial charge is 0.508 e. The number of rotatable bonds is 13. The fourth-order valence-corrected chi connectivity index (χ4v) is 4.70. The molecule has 0 aliphatic carbocycles. The van der Waals surface area contributed by atoms with Crippen LogP contribution in [0, 0.1) is 3.57 Å². The van der Waals surface area contributed by atoms with Gasteiger partial charge in [0.1, 0.15) is 5.75 Å². The number of amides is 4. The Morgan fingerprint density at radius 3 is 2.19 bits per heavy atom. The molecule has 0 spiro atoms. The van der Waals surface area contributed by atoms with Gasteiger partial charge in [-0.25, -0.2) is 15.1 Å². The number of unbranched alkanes of at least 4 members (excludes halogenated alkanes) is 9. The van der Waals surface area contributed by atoms with Crippen LogP contribution in [0.4, 0.5) is 10.5 Å². The second-order valence-corrected chi connectivity index (χ2v) is 10.4. The molecule has 0 saturated carbocycles. The van der Waals surface area contributed by atoms with Crippen molar-refractivity contribution in [1.82, 2.24) is 10.7 Å². The lowest BCUT2D eigenvalue weighted by Gasteiger charge is -2.16. The Morgan fingerprint density at radius 1 is 0.919 bits per heavy atom. The normalized spacial score (nSPS) is 13.6. The summed E-state index contributed by atoms with van der Waals surface area (Å²) in [6.45, 7) is 2.72. The monoisotopic (exact) mass is 618 g/mol. The Labute approximate surface area is 232 Å². The van der Waals surface area contributed by atoms with Gasteiger partial charge in [-0.3, -0.25) is 9.59 Å². The third-order valence-electron chi connectivity index (χ3n) is 6.27. The fourth-order valence-electron chi connectivity index (χ4n) is 4.20. The van der Waals surface area contributed by atoms with E-state index in [0.717, 1.165) is 27.7 Å². The van der Waals surface area contributed by atoms with Crippen molar-refractivity contribution in [1.29, 1.82) is 0 Å².